The average Bonchev–Trinajstić information content (AvgIpc) is 3.58. The lowest BCUT2D eigenvalue weighted by Gasteiger charge is -2.23. The molecule has 14 nitrogen and oxygen atoms in total. The second-order valence-corrected chi connectivity index (χ2v) is 11.1. The molecule has 15 heteroatoms. The van der Waals surface area contributed by atoms with Gasteiger partial charge in [0.25, 0.3) is 11.8 Å². The van der Waals surface area contributed by atoms with E-state index in [1.165, 1.54) is 0 Å². The third-order valence-electron chi connectivity index (χ3n) is 6.84. The lowest BCUT2D eigenvalue weighted by atomic mass is 10.0. The molecule has 0 aromatic rings. The minimum Gasteiger partial charge on any atom is -0.378 e. The highest BCUT2D eigenvalue weighted by Crippen LogP contribution is 2.36. The van der Waals surface area contributed by atoms with E-state index in [4.69, 9.17) is 23.8 Å². The number of urea groups is 1. The van der Waals surface area contributed by atoms with E-state index in [-0.39, 0.29) is 56.5 Å². The van der Waals surface area contributed by atoms with Crippen molar-refractivity contribution in [1.29, 1.82) is 0 Å². The molecule has 3 fully saturated rings. The summed E-state index contributed by atoms with van der Waals surface area (Å²) in [6, 6.07) is 0.525. The number of hydrogen-bond acceptors (Lipinski definition) is 11. The summed E-state index contributed by atoms with van der Waals surface area (Å²) < 4.78 is 21.5. The Morgan fingerprint density at radius 3 is 2.15 bits per heavy atom. The topological polar surface area (TPSA) is 162 Å². The average molecular weight is 603 g/mol. The number of hydroxylamine groups is 2. The van der Waals surface area contributed by atoms with Gasteiger partial charge >= 0.3 is 12.0 Å². The highest BCUT2D eigenvalue weighted by molar-refractivity contribution is 8.00. The molecule has 3 rings (SSSR count). The van der Waals surface area contributed by atoms with Gasteiger partial charge in [-0.3, -0.25) is 14.4 Å². The molecule has 3 atom stereocenters. The van der Waals surface area contributed by atoms with E-state index in [2.05, 4.69) is 10.6 Å². The molecule has 0 unspecified atom stereocenters. The van der Waals surface area contributed by atoms with Crippen LogP contribution in [0, 0.1) is 0 Å². The van der Waals surface area contributed by atoms with Gasteiger partial charge in [0.2, 0.25) is 5.91 Å². The zero-order valence-corrected chi connectivity index (χ0v) is 24.5. The first-order valence-corrected chi connectivity index (χ1v) is 15.2. The molecular formula is C26H42N4O10S. The Balaban J connectivity index is 1.02. The van der Waals surface area contributed by atoms with Crippen molar-refractivity contribution in [3.05, 3.63) is 0 Å². The maximum Gasteiger partial charge on any atom is 0.335 e. The van der Waals surface area contributed by atoms with Crippen molar-refractivity contribution in [2.75, 3.05) is 72.2 Å². The van der Waals surface area contributed by atoms with Gasteiger partial charge in [-0.05, 0) is 12.8 Å². The molecule has 0 saturated carbocycles. The first kappa shape index (κ1) is 33.0. The molecule has 0 spiro atoms. The second kappa shape index (κ2) is 18.2. The number of hydrogen-bond donors (Lipinski definition) is 2. The van der Waals surface area contributed by atoms with E-state index in [0.29, 0.717) is 62.9 Å². The van der Waals surface area contributed by atoms with Crippen LogP contribution in [0.1, 0.15) is 44.9 Å². The summed E-state index contributed by atoms with van der Waals surface area (Å²) in [6.45, 7) is 3.17. The third kappa shape index (κ3) is 11.4. The van der Waals surface area contributed by atoms with Crippen LogP contribution < -0.4 is 10.6 Å². The zero-order chi connectivity index (χ0) is 29.5. The number of carbonyl (C=O) groups is 5. The van der Waals surface area contributed by atoms with Crippen LogP contribution in [0.15, 0.2) is 0 Å². The Labute approximate surface area is 244 Å². The number of imide groups is 1. The Morgan fingerprint density at radius 1 is 0.878 bits per heavy atom. The van der Waals surface area contributed by atoms with E-state index in [9.17, 15) is 24.0 Å². The minimum atomic E-state index is -0.703. The van der Waals surface area contributed by atoms with Crippen LogP contribution in [0.4, 0.5) is 4.79 Å². The van der Waals surface area contributed by atoms with Gasteiger partial charge in [-0.1, -0.05) is 6.42 Å². The van der Waals surface area contributed by atoms with Crippen molar-refractivity contribution in [2.45, 2.75) is 62.3 Å². The molecule has 3 heterocycles. The zero-order valence-electron chi connectivity index (χ0n) is 23.6. The van der Waals surface area contributed by atoms with Crippen LogP contribution in [-0.2, 0) is 43.0 Å². The van der Waals surface area contributed by atoms with Crippen LogP contribution in [0.5, 0.6) is 0 Å². The van der Waals surface area contributed by atoms with E-state index < -0.39 is 17.8 Å². The summed E-state index contributed by atoms with van der Waals surface area (Å²) in [5, 5.41) is 6.84. The van der Waals surface area contributed by atoms with Crippen LogP contribution in [0.2, 0.25) is 0 Å². The molecule has 3 saturated heterocycles. The molecule has 0 bridgehead atoms. The number of carbonyl (C=O) groups excluding carboxylic acids is 5. The molecule has 0 aromatic carbocycles. The van der Waals surface area contributed by atoms with Gasteiger partial charge in [0.15, 0.2) is 0 Å². The minimum absolute atomic E-state index is 0.0153. The van der Waals surface area contributed by atoms with Crippen molar-refractivity contribution in [3.8, 4) is 0 Å². The molecule has 0 aliphatic carbocycles. The Hall–Kier alpha value is -2.46. The number of nitrogens with one attached hydrogen (secondary N) is 2. The van der Waals surface area contributed by atoms with Gasteiger partial charge in [0.1, 0.15) is 0 Å². The maximum atomic E-state index is 12.0. The third-order valence-corrected chi connectivity index (χ3v) is 8.33. The van der Waals surface area contributed by atoms with E-state index >= 15 is 0 Å². The maximum absolute atomic E-state index is 12.0. The fourth-order valence-electron chi connectivity index (χ4n) is 4.68. The Morgan fingerprint density at radius 2 is 1.49 bits per heavy atom. The van der Waals surface area contributed by atoms with Crippen molar-refractivity contribution in [1.82, 2.24) is 20.6 Å². The molecule has 3 aliphatic heterocycles. The van der Waals surface area contributed by atoms with Gasteiger partial charge in [0, 0.05) is 43.9 Å². The number of rotatable bonds is 21. The lowest BCUT2D eigenvalue weighted by molar-refractivity contribution is -0.198. The Kier molecular flexibility index (Phi) is 14.6. The number of amides is 5. The standard InChI is InChI=1S/C26H42N4O10S/c1-29-25-19(28-26(29)35)18-41-20(25)4-2-3-5-21(31)27-9-11-37-13-15-39-17-16-38-14-12-36-10-8-24(34)40-30-22(32)6-7-23(30)33/h19-20,25H,2-18H2,1H3,(H,27,31)(H,28,35)/t19-,20-,25-/m0/s1. The summed E-state index contributed by atoms with van der Waals surface area (Å²) in [7, 11) is 1.86. The van der Waals surface area contributed by atoms with Crippen LogP contribution in [-0.4, -0.2) is 129 Å². The fraction of sp³-hybridized carbons (Fsp3) is 0.808. The lowest BCUT2D eigenvalue weighted by Crippen LogP contribution is -2.38. The van der Waals surface area contributed by atoms with Crippen LogP contribution >= 0.6 is 11.8 Å². The fourth-order valence-corrected chi connectivity index (χ4v) is 6.32. The Bertz CT molecular complexity index is 878. The number of fused-ring (bicyclic) bond motifs is 1. The molecule has 3 aliphatic rings. The van der Waals surface area contributed by atoms with Crippen molar-refractivity contribution in [3.63, 3.8) is 0 Å². The van der Waals surface area contributed by atoms with Crippen LogP contribution in [0.25, 0.3) is 0 Å². The molecule has 41 heavy (non-hydrogen) atoms. The molecule has 0 aromatic heterocycles. The highest BCUT2D eigenvalue weighted by atomic mass is 32.2. The summed E-state index contributed by atoms with van der Waals surface area (Å²) >= 11 is 1.91. The predicted octanol–water partition coefficient (Wildman–Crippen LogP) is 0.234. The second-order valence-electron chi connectivity index (χ2n) is 9.87. The SMILES string of the molecule is CN1C(=O)N[C@H]2CS[C@@H](CCCCC(=O)NCCOCCOCCOCCOCCC(=O)ON3C(=O)CCC3=O)[C@H]21. The number of likely N-dealkylation sites (N-methyl/N-ethyl adjacent to an activating group) is 1. The molecular weight excluding hydrogens is 560 g/mol. The number of ether oxygens (including phenoxy) is 4. The van der Waals surface area contributed by atoms with E-state index in [1.54, 1.807) is 0 Å². The van der Waals surface area contributed by atoms with Crippen molar-refractivity contribution in [2.24, 2.45) is 0 Å². The monoisotopic (exact) mass is 602 g/mol. The molecule has 232 valence electrons. The van der Waals surface area contributed by atoms with Crippen LogP contribution in [0.3, 0.4) is 0 Å². The first-order chi connectivity index (χ1) is 19.9. The summed E-state index contributed by atoms with van der Waals surface area (Å²) in [6.07, 6.45) is 3.32. The van der Waals surface area contributed by atoms with Crippen molar-refractivity contribution < 1.29 is 47.8 Å². The van der Waals surface area contributed by atoms with Gasteiger partial charge in [-0.25, -0.2) is 9.59 Å². The smallest absolute Gasteiger partial charge is 0.335 e. The number of thioether (sulfide) groups is 1. The predicted molar refractivity (Wildman–Crippen MR) is 147 cm³/mol. The van der Waals surface area contributed by atoms with Gasteiger partial charge in [-0.15, -0.1) is 5.06 Å². The van der Waals surface area contributed by atoms with E-state index in [1.807, 2.05) is 23.7 Å². The van der Waals surface area contributed by atoms with Gasteiger partial charge in [-0.2, -0.15) is 11.8 Å². The number of unbranched alkanes of at least 4 members (excludes halogenated alkanes) is 1. The van der Waals surface area contributed by atoms with Gasteiger partial charge < -0.3 is 39.3 Å². The first-order valence-electron chi connectivity index (χ1n) is 14.2. The quantitative estimate of drug-likeness (QED) is 0.105. The molecule has 0 radical (unpaired) electrons. The van der Waals surface area contributed by atoms with Gasteiger partial charge in [0.05, 0.1) is 71.4 Å². The highest BCUT2D eigenvalue weighted by Gasteiger charge is 2.46. The summed E-state index contributed by atoms with van der Waals surface area (Å²) in [5.74, 6) is -0.748. The largest absolute Gasteiger partial charge is 0.378 e. The van der Waals surface area contributed by atoms with Crippen molar-refractivity contribution >= 4 is 41.5 Å². The summed E-state index contributed by atoms with van der Waals surface area (Å²) in [5.41, 5.74) is 0. The molecule has 5 amide bonds. The summed E-state index contributed by atoms with van der Waals surface area (Å²) in [4.78, 5) is 64.8. The number of nitrogens with zero attached hydrogens (tertiary/aromatic N) is 2. The van der Waals surface area contributed by atoms with E-state index in [0.717, 1.165) is 25.0 Å². The normalized spacial score (nSPS) is 21.9. The molecule has 2 N–H and O–H groups in total.